The summed E-state index contributed by atoms with van der Waals surface area (Å²) in [4.78, 5) is 4.69. The fraction of sp³-hybridized carbons (Fsp3) is 0.562. The van der Waals surface area contributed by atoms with E-state index < -0.39 is 0 Å². The molecule has 2 aromatic rings. The van der Waals surface area contributed by atoms with Gasteiger partial charge >= 0.3 is 0 Å². The van der Waals surface area contributed by atoms with Gasteiger partial charge in [-0.15, -0.1) is 11.6 Å². The first kappa shape index (κ1) is 16.0. The van der Waals surface area contributed by atoms with Gasteiger partial charge in [0.05, 0.1) is 30.6 Å². The van der Waals surface area contributed by atoms with E-state index in [2.05, 4.69) is 18.4 Å². The van der Waals surface area contributed by atoms with Gasteiger partial charge in [-0.25, -0.2) is 4.98 Å². The van der Waals surface area contributed by atoms with Crippen LogP contribution in [0.2, 0.25) is 0 Å². The first-order valence-electron chi connectivity index (χ1n) is 7.31. The summed E-state index contributed by atoms with van der Waals surface area (Å²) in [7, 11) is 3.27. The smallest absolute Gasteiger partial charge is 0.163 e. The van der Waals surface area contributed by atoms with E-state index in [-0.39, 0.29) is 5.38 Å². The molecule has 0 amide bonds. The van der Waals surface area contributed by atoms with Crippen LogP contribution >= 0.6 is 11.6 Å². The molecular weight excluding hydrogens is 288 g/mol. The highest BCUT2D eigenvalue weighted by atomic mass is 35.5. The molecule has 2 rings (SSSR count). The largest absolute Gasteiger partial charge is 0.493 e. The Balaban J connectivity index is 2.69. The molecule has 0 spiro atoms. The Morgan fingerprint density at radius 2 is 1.81 bits per heavy atom. The molecule has 0 bridgehead atoms. The summed E-state index contributed by atoms with van der Waals surface area (Å²) in [6.07, 6.45) is 2.20. The van der Waals surface area contributed by atoms with Gasteiger partial charge in [0.25, 0.3) is 0 Å². The van der Waals surface area contributed by atoms with Gasteiger partial charge in [0, 0.05) is 18.2 Å². The Morgan fingerprint density at radius 3 is 2.33 bits per heavy atom. The van der Waals surface area contributed by atoms with Gasteiger partial charge in [-0.3, -0.25) is 0 Å². The van der Waals surface area contributed by atoms with Crippen molar-refractivity contribution in [3.63, 3.8) is 0 Å². The van der Waals surface area contributed by atoms with Crippen LogP contribution in [0.3, 0.4) is 0 Å². The van der Waals surface area contributed by atoms with E-state index in [1.807, 2.05) is 19.1 Å². The predicted molar refractivity (Wildman–Crippen MR) is 86.7 cm³/mol. The molecule has 1 heterocycles. The lowest BCUT2D eigenvalue weighted by Crippen LogP contribution is -2.09. The van der Waals surface area contributed by atoms with Gasteiger partial charge in [-0.2, -0.15) is 0 Å². The number of halogens is 1. The number of hydrogen-bond acceptors (Lipinski definition) is 3. The molecular formula is C16H23ClN2O2. The SMILES string of the molecule is CCCC(C)n1c(C(C)Cl)nc2cc(OC)c(OC)cc21. The van der Waals surface area contributed by atoms with Crippen LogP contribution in [0.5, 0.6) is 11.5 Å². The van der Waals surface area contributed by atoms with Crippen molar-refractivity contribution in [3.05, 3.63) is 18.0 Å². The van der Waals surface area contributed by atoms with Crippen LogP contribution in [0, 0.1) is 0 Å². The van der Waals surface area contributed by atoms with Gasteiger partial charge in [-0.1, -0.05) is 13.3 Å². The van der Waals surface area contributed by atoms with E-state index in [4.69, 9.17) is 26.1 Å². The quantitative estimate of drug-likeness (QED) is 0.725. The van der Waals surface area contributed by atoms with Crippen molar-refractivity contribution in [1.82, 2.24) is 9.55 Å². The summed E-state index contributed by atoms with van der Waals surface area (Å²) in [5.74, 6) is 2.29. The standard InChI is InChI=1S/C16H23ClN2O2/c1-6-7-10(2)19-13-9-15(21-5)14(20-4)8-12(13)18-16(19)11(3)17/h8-11H,6-7H2,1-5H3. The number of fused-ring (bicyclic) bond motifs is 1. The zero-order valence-corrected chi connectivity index (χ0v) is 14.1. The molecule has 0 aliphatic rings. The lowest BCUT2D eigenvalue weighted by atomic mass is 10.1. The molecule has 0 saturated heterocycles. The van der Waals surface area contributed by atoms with E-state index in [0.29, 0.717) is 17.5 Å². The summed E-state index contributed by atoms with van der Waals surface area (Å²) in [5.41, 5.74) is 1.93. The Morgan fingerprint density at radius 1 is 1.19 bits per heavy atom. The fourth-order valence-electron chi connectivity index (χ4n) is 2.73. The Kier molecular flexibility index (Phi) is 4.99. The summed E-state index contributed by atoms with van der Waals surface area (Å²) in [6, 6.07) is 4.23. The topological polar surface area (TPSA) is 36.3 Å². The van der Waals surface area contributed by atoms with Crippen LogP contribution in [0.4, 0.5) is 0 Å². The van der Waals surface area contributed by atoms with Crippen molar-refractivity contribution in [2.24, 2.45) is 0 Å². The minimum atomic E-state index is -0.145. The zero-order chi connectivity index (χ0) is 15.6. The zero-order valence-electron chi connectivity index (χ0n) is 13.3. The second-order valence-electron chi connectivity index (χ2n) is 5.29. The number of benzene rings is 1. The summed E-state index contributed by atoms with van der Waals surface area (Å²) < 4.78 is 13.0. The normalized spacial score (nSPS) is 14.2. The van der Waals surface area contributed by atoms with Gasteiger partial charge in [0.1, 0.15) is 5.82 Å². The summed E-state index contributed by atoms with van der Waals surface area (Å²) >= 11 is 6.33. The maximum atomic E-state index is 6.33. The van der Waals surface area contributed by atoms with Gasteiger partial charge in [0.15, 0.2) is 11.5 Å². The second-order valence-corrected chi connectivity index (χ2v) is 5.94. The Hall–Kier alpha value is -1.42. The number of nitrogens with zero attached hydrogens (tertiary/aromatic N) is 2. The van der Waals surface area contributed by atoms with E-state index in [1.54, 1.807) is 14.2 Å². The summed E-state index contributed by atoms with van der Waals surface area (Å²) in [5, 5.41) is -0.145. The van der Waals surface area contributed by atoms with E-state index in [9.17, 15) is 0 Å². The third-order valence-corrected chi connectivity index (χ3v) is 3.92. The van der Waals surface area contributed by atoms with E-state index >= 15 is 0 Å². The highest BCUT2D eigenvalue weighted by Crippen LogP contribution is 2.36. The molecule has 1 aromatic heterocycles. The third-order valence-electron chi connectivity index (χ3n) is 3.73. The number of methoxy groups -OCH3 is 2. The number of hydrogen-bond donors (Lipinski definition) is 0. The van der Waals surface area contributed by atoms with Gasteiger partial charge in [-0.05, 0) is 20.3 Å². The van der Waals surface area contributed by atoms with Crippen LogP contribution in [0.15, 0.2) is 12.1 Å². The maximum Gasteiger partial charge on any atom is 0.163 e. The monoisotopic (exact) mass is 310 g/mol. The minimum Gasteiger partial charge on any atom is -0.493 e. The number of rotatable bonds is 6. The number of aromatic nitrogens is 2. The average Bonchev–Trinajstić information content (AvgIpc) is 2.84. The van der Waals surface area contributed by atoms with Crippen molar-refractivity contribution < 1.29 is 9.47 Å². The lowest BCUT2D eigenvalue weighted by molar-refractivity contribution is 0.355. The third kappa shape index (κ3) is 2.95. The molecule has 0 fully saturated rings. The van der Waals surface area contributed by atoms with Gasteiger partial charge in [0.2, 0.25) is 0 Å². The van der Waals surface area contributed by atoms with E-state index in [1.165, 1.54) is 0 Å². The first-order valence-corrected chi connectivity index (χ1v) is 7.75. The van der Waals surface area contributed by atoms with Crippen molar-refractivity contribution in [2.75, 3.05) is 14.2 Å². The molecule has 0 radical (unpaired) electrons. The van der Waals surface area contributed by atoms with Crippen molar-refractivity contribution in [3.8, 4) is 11.5 Å². The minimum absolute atomic E-state index is 0.145. The molecule has 2 unspecified atom stereocenters. The predicted octanol–water partition coefficient (Wildman–Crippen LogP) is 4.71. The first-order chi connectivity index (χ1) is 10.0. The number of alkyl halides is 1. The average molecular weight is 311 g/mol. The maximum absolute atomic E-state index is 6.33. The molecule has 5 heteroatoms. The van der Waals surface area contributed by atoms with Crippen molar-refractivity contribution in [2.45, 2.75) is 45.0 Å². The Bertz CT molecular complexity index is 622. The Labute approximate surface area is 131 Å². The molecule has 0 aliphatic carbocycles. The molecule has 0 aliphatic heterocycles. The molecule has 21 heavy (non-hydrogen) atoms. The van der Waals surface area contributed by atoms with Crippen LogP contribution < -0.4 is 9.47 Å². The number of ether oxygens (including phenoxy) is 2. The molecule has 2 atom stereocenters. The molecule has 4 nitrogen and oxygen atoms in total. The second kappa shape index (κ2) is 6.56. The van der Waals surface area contributed by atoms with Crippen LogP contribution in [0.1, 0.15) is 50.9 Å². The van der Waals surface area contributed by atoms with E-state index in [0.717, 1.165) is 29.7 Å². The van der Waals surface area contributed by atoms with Crippen LogP contribution in [-0.4, -0.2) is 23.8 Å². The van der Waals surface area contributed by atoms with Crippen LogP contribution in [-0.2, 0) is 0 Å². The fourth-order valence-corrected chi connectivity index (χ4v) is 2.89. The van der Waals surface area contributed by atoms with Gasteiger partial charge < -0.3 is 14.0 Å². The molecule has 0 N–H and O–H groups in total. The number of imidazole rings is 1. The molecule has 116 valence electrons. The highest BCUT2D eigenvalue weighted by Gasteiger charge is 2.20. The lowest BCUT2D eigenvalue weighted by Gasteiger charge is -2.18. The molecule has 0 saturated carbocycles. The van der Waals surface area contributed by atoms with Crippen LogP contribution in [0.25, 0.3) is 11.0 Å². The van der Waals surface area contributed by atoms with Crippen molar-refractivity contribution >= 4 is 22.6 Å². The van der Waals surface area contributed by atoms with Crippen molar-refractivity contribution in [1.29, 1.82) is 0 Å². The summed E-state index contributed by atoms with van der Waals surface area (Å²) in [6.45, 7) is 6.33. The molecule has 1 aromatic carbocycles. The highest BCUT2D eigenvalue weighted by molar-refractivity contribution is 6.20.